The standard InChI is InChI=1S/C18H29N3O2/c1-12-7-13(2)15(14(3)8-12)5-6-20-18(23)11-21(4)16-9-19-10-17(16)22/h7-8,16-17,19,22H,5-6,9-11H2,1-4H3,(H,20,23)/t16-,17-/m0/s1. The van der Waals surface area contributed by atoms with Crippen molar-refractivity contribution >= 4 is 5.91 Å². The fourth-order valence-electron chi connectivity index (χ4n) is 3.43. The van der Waals surface area contributed by atoms with Gasteiger partial charge in [0.2, 0.25) is 5.91 Å². The molecule has 5 heteroatoms. The molecule has 23 heavy (non-hydrogen) atoms. The SMILES string of the molecule is Cc1cc(C)c(CCNC(=O)CN(C)[C@H]2CNC[C@@H]2O)c(C)c1. The first-order valence-corrected chi connectivity index (χ1v) is 8.31. The number of aryl methyl sites for hydroxylation is 3. The summed E-state index contributed by atoms with van der Waals surface area (Å²) in [5.74, 6) is 0.00835. The van der Waals surface area contributed by atoms with Gasteiger partial charge in [0.1, 0.15) is 0 Å². The number of carbonyl (C=O) groups is 1. The summed E-state index contributed by atoms with van der Waals surface area (Å²) in [6.07, 6.45) is 0.451. The molecule has 0 radical (unpaired) electrons. The molecule has 5 nitrogen and oxygen atoms in total. The minimum Gasteiger partial charge on any atom is -0.390 e. The number of likely N-dealkylation sites (N-methyl/N-ethyl adjacent to an activating group) is 1. The second-order valence-corrected chi connectivity index (χ2v) is 6.69. The zero-order valence-electron chi connectivity index (χ0n) is 14.6. The van der Waals surface area contributed by atoms with Crippen LogP contribution in [0.15, 0.2) is 12.1 Å². The smallest absolute Gasteiger partial charge is 0.234 e. The number of aliphatic hydroxyl groups excluding tert-OH is 1. The minimum atomic E-state index is -0.398. The highest BCUT2D eigenvalue weighted by Crippen LogP contribution is 2.16. The van der Waals surface area contributed by atoms with Crippen molar-refractivity contribution in [3.8, 4) is 0 Å². The molecule has 1 amide bonds. The maximum Gasteiger partial charge on any atom is 0.234 e. The molecule has 128 valence electrons. The minimum absolute atomic E-state index is 0.00835. The fraction of sp³-hybridized carbons (Fsp3) is 0.611. The van der Waals surface area contributed by atoms with Gasteiger partial charge in [0.15, 0.2) is 0 Å². The van der Waals surface area contributed by atoms with Gasteiger partial charge in [0.05, 0.1) is 12.6 Å². The van der Waals surface area contributed by atoms with Crippen LogP contribution in [-0.2, 0) is 11.2 Å². The Balaban J connectivity index is 1.79. The molecule has 1 aliphatic heterocycles. The Kier molecular flexibility index (Phi) is 6.16. The van der Waals surface area contributed by atoms with Gasteiger partial charge in [-0.05, 0) is 50.9 Å². The lowest BCUT2D eigenvalue weighted by Gasteiger charge is -2.25. The third-order valence-corrected chi connectivity index (χ3v) is 4.65. The number of hydrogen-bond acceptors (Lipinski definition) is 4. The largest absolute Gasteiger partial charge is 0.390 e. The Morgan fingerprint density at radius 3 is 2.52 bits per heavy atom. The van der Waals surface area contributed by atoms with Crippen LogP contribution in [0.4, 0.5) is 0 Å². The summed E-state index contributed by atoms with van der Waals surface area (Å²) in [6.45, 7) is 8.64. The van der Waals surface area contributed by atoms with Crippen molar-refractivity contribution in [1.29, 1.82) is 0 Å². The molecule has 0 aliphatic carbocycles. The number of hydrogen-bond donors (Lipinski definition) is 3. The van der Waals surface area contributed by atoms with E-state index >= 15 is 0 Å². The molecule has 1 aromatic rings. The molecule has 0 aromatic heterocycles. The van der Waals surface area contributed by atoms with Gasteiger partial charge >= 0.3 is 0 Å². The summed E-state index contributed by atoms with van der Waals surface area (Å²) < 4.78 is 0. The van der Waals surface area contributed by atoms with Crippen molar-refractivity contribution in [2.75, 3.05) is 33.2 Å². The molecule has 2 rings (SSSR count). The van der Waals surface area contributed by atoms with Gasteiger partial charge in [-0.1, -0.05) is 17.7 Å². The molecule has 0 saturated carbocycles. The van der Waals surface area contributed by atoms with Crippen molar-refractivity contribution < 1.29 is 9.90 Å². The van der Waals surface area contributed by atoms with Gasteiger partial charge in [-0.15, -0.1) is 0 Å². The van der Waals surface area contributed by atoms with Crippen LogP contribution < -0.4 is 10.6 Å². The van der Waals surface area contributed by atoms with Crippen molar-refractivity contribution in [1.82, 2.24) is 15.5 Å². The average molecular weight is 319 g/mol. The molecule has 3 N–H and O–H groups in total. The van der Waals surface area contributed by atoms with Gasteiger partial charge in [-0.3, -0.25) is 9.69 Å². The predicted octanol–water partition coefficient (Wildman–Crippen LogP) is 0.535. The molecule has 0 unspecified atom stereocenters. The van der Waals surface area contributed by atoms with Crippen LogP contribution in [-0.4, -0.2) is 61.3 Å². The maximum atomic E-state index is 12.1. The highest BCUT2D eigenvalue weighted by molar-refractivity contribution is 5.78. The summed E-state index contributed by atoms with van der Waals surface area (Å²) in [7, 11) is 1.88. The molecule has 0 spiro atoms. The van der Waals surface area contributed by atoms with E-state index in [1.807, 2.05) is 11.9 Å². The zero-order valence-corrected chi connectivity index (χ0v) is 14.6. The van der Waals surface area contributed by atoms with Gasteiger partial charge in [0, 0.05) is 25.7 Å². The van der Waals surface area contributed by atoms with Gasteiger partial charge in [-0.25, -0.2) is 0 Å². The third-order valence-electron chi connectivity index (χ3n) is 4.65. The van der Waals surface area contributed by atoms with E-state index in [0.717, 1.165) is 13.0 Å². The normalized spacial score (nSPS) is 21.0. The Labute approximate surface area is 139 Å². The second-order valence-electron chi connectivity index (χ2n) is 6.69. The monoisotopic (exact) mass is 319 g/mol. The first-order valence-electron chi connectivity index (χ1n) is 8.31. The van der Waals surface area contributed by atoms with E-state index in [4.69, 9.17) is 0 Å². The van der Waals surface area contributed by atoms with Gasteiger partial charge in [0.25, 0.3) is 0 Å². The number of nitrogens with one attached hydrogen (secondary N) is 2. The van der Waals surface area contributed by atoms with Crippen LogP contribution in [0.2, 0.25) is 0 Å². The van der Waals surface area contributed by atoms with Crippen LogP contribution in [0, 0.1) is 20.8 Å². The van der Waals surface area contributed by atoms with Crippen LogP contribution in [0.3, 0.4) is 0 Å². The van der Waals surface area contributed by atoms with Crippen LogP contribution in [0.1, 0.15) is 22.3 Å². The van der Waals surface area contributed by atoms with Crippen LogP contribution in [0.5, 0.6) is 0 Å². The van der Waals surface area contributed by atoms with E-state index in [-0.39, 0.29) is 11.9 Å². The molecule has 1 heterocycles. The summed E-state index contributed by atoms with van der Waals surface area (Å²) in [6, 6.07) is 4.39. The lowest BCUT2D eigenvalue weighted by molar-refractivity contribution is -0.122. The number of amides is 1. The van der Waals surface area contributed by atoms with Gasteiger partial charge < -0.3 is 15.7 Å². The third kappa shape index (κ3) is 4.77. The van der Waals surface area contributed by atoms with E-state index in [1.165, 1.54) is 22.3 Å². The summed E-state index contributed by atoms with van der Waals surface area (Å²) in [5.41, 5.74) is 5.17. The molecule has 1 saturated heterocycles. The summed E-state index contributed by atoms with van der Waals surface area (Å²) in [4.78, 5) is 14.0. The lowest BCUT2D eigenvalue weighted by Crippen LogP contribution is -2.46. The van der Waals surface area contributed by atoms with E-state index in [2.05, 4.69) is 43.5 Å². The lowest BCUT2D eigenvalue weighted by atomic mass is 9.97. The fourth-order valence-corrected chi connectivity index (χ4v) is 3.43. The van der Waals surface area contributed by atoms with Crippen molar-refractivity contribution in [2.24, 2.45) is 0 Å². The number of β-amino-alcohol motifs (C(OH)–C–C–N with tert-alkyl or cyclic N) is 1. The zero-order chi connectivity index (χ0) is 17.0. The Morgan fingerprint density at radius 2 is 1.96 bits per heavy atom. The second kappa shape index (κ2) is 7.90. The predicted molar refractivity (Wildman–Crippen MR) is 92.7 cm³/mol. The van der Waals surface area contributed by atoms with Crippen molar-refractivity contribution in [3.05, 3.63) is 34.4 Å². The molecular weight excluding hydrogens is 290 g/mol. The Morgan fingerprint density at radius 1 is 1.30 bits per heavy atom. The Hall–Kier alpha value is -1.43. The van der Waals surface area contributed by atoms with E-state index in [9.17, 15) is 9.90 Å². The van der Waals surface area contributed by atoms with Crippen LogP contribution >= 0.6 is 0 Å². The first kappa shape index (κ1) is 17.9. The van der Waals surface area contributed by atoms with E-state index < -0.39 is 6.10 Å². The average Bonchev–Trinajstić information content (AvgIpc) is 2.88. The number of aliphatic hydroxyl groups is 1. The number of rotatable bonds is 6. The summed E-state index contributed by atoms with van der Waals surface area (Å²) in [5, 5.41) is 16.0. The highest BCUT2D eigenvalue weighted by Gasteiger charge is 2.29. The van der Waals surface area contributed by atoms with Crippen molar-refractivity contribution in [3.63, 3.8) is 0 Å². The first-order chi connectivity index (χ1) is 10.9. The number of benzene rings is 1. The molecule has 1 aromatic carbocycles. The number of carbonyl (C=O) groups excluding carboxylic acids is 1. The summed E-state index contributed by atoms with van der Waals surface area (Å²) >= 11 is 0. The molecule has 2 atom stereocenters. The van der Waals surface area contributed by atoms with E-state index in [0.29, 0.717) is 19.6 Å². The molecule has 1 fully saturated rings. The molecule has 1 aliphatic rings. The van der Waals surface area contributed by atoms with Gasteiger partial charge in [-0.2, -0.15) is 0 Å². The number of nitrogens with zero attached hydrogens (tertiary/aromatic N) is 1. The Bertz CT molecular complexity index is 536. The van der Waals surface area contributed by atoms with Crippen LogP contribution in [0.25, 0.3) is 0 Å². The quantitative estimate of drug-likeness (QED) is 0.716. The molecule has 0 bridgehead atoms. The maximum absolute atomic E-state index is 12.1. The van der Waals surface area contributed by atoms with E-state index in [1.54, 1.807) is 0 Å². The highest BCUT2D eigenvalue weighted by atomic mass is 16.3. The molecular formula is C18H29N3O2. The van der Waals surface area contributed by atoms with Crippen molar-refractivity contribution in [2.45, 2.75) is 39.3 Å². The topological polar surface area (TPSA) is 64.6 Å².